The van der Waals surface area contributed by atoms with Crippen molar-refractivity contribution in [3.8, 4) is 0 Å². The molecule has 3 heterocycles. The van der Waals surface area contributed by atoms with Gasteiger partial charge in [-0.3, -0.25) is 9.59 Å². The van der Waals surface area contributed by atoms with Crippen LogP contribution in [0.4, 0.5) is 5.13 Å². The van der Waals surface area contributed by atoms with Gasteiger partial charge < -0.3 is 15.1 Å². The topological polar surface area (TPSA) is 65.5 Å². The summed E-state index contributed by atoms with van der Waals surface area (Å²) in [5, 5.41) is 6.24. The average Bonchev–Trinajstić information content (AvgIpc) is 3.44. The highest BCUT2D eigenvalue weighted by Gasteiger charge is 2.59. The summed E-state index contributed by atoms with van der Waals surface area (Å²) in [6.07, 6.45) is 1.69. The third-order valence-electron chi connectivity index (χ3n) is 5.48. The van der Waals surface area contributed by atoms with E-state index in [1.54, 1.807) is 28.1 Å². The number of aromatic nitrogens is 1. The first-order chi connectivity index (χ1) is 14.1. The molecule has 0 aliphatic carbocycles. The van der Waals surface area contributed by atoms with Gasteiger partial charge >= 0.3 is 0 Å². The van der Waals surface area contributed by atoms with Crippen LogP contribution in [0.15, 0.2) is 60.1 Å². The Hall–Kier alpha value is -2.90. The molecule has 1 fully saturated rings. The highest BCUT2D eigenvalue weighted by molar-refractivity contribution is 7.13. The van der Waals surface area contributed by atoms with E-state index in [0.29, 0.717) is 28.8 Å². The van der Waals surface area contributed by atoms with E-state index < -0.39 is 5.66 Å². The van der Waals surface area contributed by atoms with Crippen molar-refractivity contribution in [2.45, 2.75) is 5.66 Å². The van der Waals surface area contributed by atoms with E-state index in [0.717, 1.165) is 11.1 Å². The van der Waals surface area contributed by atoms with Gasteiger partial charge in [-0.05, 0) is 18.2 Å². The maximum atomic E-state index is 13.3. The molecule has 29 heavy (non-hydrogen) atoms. The molecule has 0 saturated carbocycles. The van der Waals surface area contributed by atoms with Crippen molar-refractivity contribution in [1.29, 1.82) is 0 Å². The Balaban J connectivity index is 1.61. The van der Waals surface area contributed by atoms with Gasteiger partial charge in [0, 0.05) is 46.4 Å². The molecule has 146 valence electrons. The summed E-state index contributed by atoms with van der Waals surface area (Å²) in [6, 6.07) is 14.9. The maximum Gasteiger partial charge on any atom is 0.256 e. The highest BCUT2D eigenvalue weighted by Crippen LogP contribution is 2.49. The summed E-state index contributed by atoms with van der Waals surface area (Å²) >= 11 is 7.56. The van der Waals surface area contributed by atoms with Crippen molar-refractivity contribution in [2.75, 3.05) is 25.0 Å². The summed E-state index contributed by atoms with van der Waals surface area (Å²) in [7, 11) is 0. The van der Waals surface area contributed by atoms with Crippen LogP contribution in [-0.2, 0) is 10.5 Å². The second kappa shape index (κ2) is 6.86. The van der Waals surface area contributed by atoms with Crippen LogP contribution < -0.4 is 5.32 Å². The van der Waals surface area contributed by atoms with Crippen LogP contribution in [0.25, 0.3) is 0 Å². The summed E-state index contributed by atoms with van der Waals surface area (Å²) < 4.78 is 0. The monoisotopic (exact) mass is 424 g/mol. The molecule has 2 aromatic carbocycles. The summed E-state index contributed by atoms with van der Waals surface area (Å²) in [5.74, 6) is -0.152. The summed E-state index contributed by atoms with van der Waals surface area (Å²) in [6.45, 7) is 1.03. The van der Waals surface area contributed by atoms with Crippen LogP contribution in [0, 0.1) is 0 Å². The minimum absolute atomic E-state index is 0.0567. The van der Waals surface area contributed by atoms with Crippen molar-refractivity contribution >= 4 is 39.9 Å². The molecule has 2 aliphatic rings. The third-order valence-corrected chi connectivity index (χ3v) is 6.46. The number of rotatable bonds is 4. The third kappa shape index (κ3) is 2.65. The van der Waals surface area contributed by atoms with E-state index in [4.69, 9.17) is 11.6 Å². The van der Waals surface area contributed by atoms with Gasteiger partial charge in [-0.2, -0.15) is 0 Å². The first-order valence-electron chi connectivity index (χ1n) is 9.23. The molecule has 1 saturated heterocycles. The van der Waals surface area contributed by atoms with Crippen LogP contribution in [0.2, 0.25) is 5.02 Å². The molecular formula is C21H17ClN4O2S. The summed E-state index contributed by atoms with van der Waals surface area (Å²) in [4.78, 5) is 34.3. The Morgan fingerprint density at radius 1 is 1.17 bits per heavy atom. The molecule has 5 rings (SSSR count). The predicted octanol–water partition coefficient (Wildman–Crippen LogP) is 3.41. The van der Waals surface area contributed by atoms with Crippen LogP contribution in [0.1, 0.15) is 21.5 Å². The molecule has 0 radical (unpaired) electrons. The van der Waals surface area contributed by atoms with Crippen molar-refractivity contribution in [3.05, 3.63) is 81.8 Å². The zero-order valence-electron chi connectivity index (χ0n) is 15.3. The van der Waals surface area contributed by atoms with Crippen LogP contribution in [0.3, 0.4) is 0 Å². The van der Waals surface area contributed by atoms with E-state index in [1.165, 1.54) is 11.3 Å². The molecular weight excluding hydrogens is 408 g/mol. The van der Waals surface area contributed by atoms with E-state index >= 15 is 0 Å². The lowest BCUT2D eigenvalue weighted by Crippen LogP contribution is -2.52. The van der Waals surface area contributed by atoms with Crippen molar-refractivity contribution < 1.29 is 9.59 Å². The lowest BCUT2D eigenvalue weighted by atomic mass is 9.90. The van der Waals surface area contributed by atoms with E-state index in [-0.39, 0.29) is 18.4 Å². The second-order valence-electron chi connectivity index (χ2n) is 6.92. The lowest BCUT2D eigenvalue weighted by molar-refractivity contribution is -0.134. The molecule has 2 amide bonds. The van der Waals surface area contributed by atoms with Crippen LogP contribution in [-0.4, -0.2) is 46.2 Å². The minimum Gasteiger partial charge on any atom is -0.352 e. The predicted molar refractivity (Wildman–Crippen MR) is 112 cm³/mol. The number of hydrogen-bond donors (Lipinski definition) is 1. The molecule has 1 atom stereocenters. The largest absolute Gasteiger partial charge is 0.352 e. The number of benzene rings is 2. The molecule has 0 spiro atoms. The second-order valence-corrected chi connectivity index (χ2v) is 8.25. The van der Waals surface area contributed by atoms with Gasteiger partial charge in [-0.15, -0.1) is 11.3 Å². The molecule has 2 aliphatic heterocycles. The van der Waals surface area contributed by atoms with Gasteiger partial charge in [0.15, 0.2) is 10.8 Å². The van der Waals surface area contributed by atoms with Crippen molar-refractivity contribution in [2.24, 2.45) is 0 Å². The maximum absolute atomic E-state index is 13.3. The van der Waals surface area contributed by atoms with E-state index in [1.807, 2.05) is 41.8 Å². The number of thiazole rings is 1. The number of nitrogens with one attached hydrogen (secondary N) is 1. The summed E-state index contributed by atoms with van der Waals surface area (Å²) in [5.41, 5.74) is 1.35. The molecule has 3 aromatic rings. The first-order valence-corrected chi connectivity index (χ1v) is 10.5. The zero-order valence-corrected chi connectivity index (χ0v) is 16.9. The van der Waals surface area contributed by atoms with Gasteiger partial charge in [-0.25, -0.2) is 4.98 Å². The zero-order chi connectivity index (χ0) is 20.0. The Labute approximate surface area is 176 Å². The fraction of sp³-hybridized carbons (Fsp3) is 0.190. The standard InChI is InChI=1S/C21H17ClN4O2S/c22-15-7-5-14(6-8-15)21-17-4-2-1-3-16(17)19(28)26(21)11-10-25(21)18(27)13-24-20-23-9-12-29-20/h1-9,12H,10-11,13H2,(H,23,24). The van der Waals surface area contributed by atoms with Crippen molar-refractivity contribution in [3.63, 3.8) is 0 Å². The number of amides is 2. The van der Waals surface area contributed by atoms with Crippen LogP contribution in [0.5, 0.6) is 0 Å². The number of carbonyl (C=O) groups is 2. The number of nitrogens with zero attached hydrogens (tertiary/aromatic N) is 3. The van der Waals surface area contributed by atoms with Crippen molar-refractivity contribution in [1.82, 2.24) is 14.8 Å². The molecule has 0 bridgehead atoms. The molecule has 1 aromatic heterocycles. The molecule has 6 nitrogen and oxygen atoms in total. The quantitative estimate of drug-likeness (QED) is 0.697. The number of fused-ring (bicyclic) bond motifs is 3. The van der Waals surface area contributed by atoms with Gasteiger partial charge in [-0.1, -0.05) is 41.9 Å². The SMILES string of the molecule is O=C(CNc1nccs1)N1CCN2C(=O)c3ccccc3C12c1ccc(Cl)cc1. The van der Waals surface area contributed by atoms with Gasteiger partial charge in [0.25, 0.3) is 5.91 Å². The molecule has 1 N–H and O–H groups in total. The smallest absolute Gasteiger partial charge is 0.256 e. The number of carbonyl (C=O) groups excluding carboxylic acids is 2. The molecule has 8 heteroatoms. The molecule has 1 unspecified atom stereocenters. The first kappa shape index (κ1) is 18.1. The van der Waals surface area contributed by atoms with E-state index in [2.05, 4.69) is 10.3 Å². The lowest BCUT2D eigenvalue weighted by Gasteiger charge is -2.40. The average molecular weight is 425 g/mol. The Morgan fingerprint density at radius 3 is 2.72 bits per heavy atom. The number of hydrogen-bond acceptors (Lipinski definition) is 5. The normalized spacial score (nSPS) is 20.0. The van der Waals surface area contributed by atoms with Gasteiger partial charge in [0.05, 0.1) is 6.54 Å². The van der Waals surface area contributed by atoms with Crippen LogP contribution >= 0.6 is 22.9 Å². The minimum atomic E-state index is -0.958. The Morgan fingerprint density at radius 2 is 1.97 bits per heavy atom. The van der Waals surface area contributed by atoms with Gasteiger partial charge in [0.2, 0.25) is 5.91 Å². The van der Waals surface area contributed by atoms with E-state index in [9.17, 15) is 9.59 Å². The highest BCUT2D eigenvalue weighted by atomic mass is 35.5. The van der Waals surface area contributed by atoms with Gasteiger partial charge in [0.1, 0.15) is 0 Å². The Bertz CT molecular complexity index is 1090. The fourth-order valence-electron chi connectivity index (χ4n) is 4.34. The number of anilines is 1. The number of halogens is 1. The fourth-order valence-corrected chi connectivity index (χ4v) is 4.99. The Kier molecular flexibility index (Phi) is 4.29.